The van der Waals surface area contributed by atoms with Gasteiger partial charge in [-0.15, -0.1) is 0 Å². The minimum Gasteiger partial charge on any atom is -0.496 e. The third-order valence-corrected chi connectivity index (χ3v) is 4.81. The number of rotatable bonds is 3. The number of ether oxygens (including phenoxy) is 1. The zero-order valence-electron chi connectivity index (χ0n) is 16.8. The van der Waals surface area contributed by atoms with Crippen LogP contribution < -0.4 is 10.1 Å². The lowest BCUT2D eigenvalue weighted by atomic mass is 9.97. The predicted octanol–water partition coefficient (Wildman–Crippen LogP) is 2.83. The lowest BCUT2D eigenvalue weighted by Crippen LogP contribution is -2.54. The molecule has 3 amide bonds. The van der Waals surface area contributed by atoms with Crippen molar-refractivity contribution in [2.45, 2.75) is 34.6 Å². The maximum atomic E-state index is 12.9. The van der Waals surface area contributed by atoms with Gasteiger partial charge in [0.25, 0.3) is 5.91 Å². The van der Waals surface area contributed by atoms with Gasteiger partial charge in [0.2, 0.25) is 0 Å². The van der Waals surface area contributed by atoms with Crippen molar-refractivity contribution in [1.82, 2.24) is 15.1 Å². The van der Waals surface area contributed by atoms with Crippen molar-refractivity contribution >= 4 is 11.9 Å². The number of benzene rings is 1. The molecule has 1 saturated heterocycles. The molecular weight excluding hydrogens is 330 g/mol. The van der Waals surface area contributed by atoms with E-state index in [1.165, 1.54) is 0 Å². The second-order valence-corrected chi connectivity index (χ2v) is 8.06. The lowest BCUT2D eigenvalue weighted by Gasteiger charge is -2.35. The highest BCUT2D eigenvalue weighted by Gasteiger charge is 2.26. The molecule has 1 aliphatic rings. The molecule has 2 rings (SSSR count). The van der Waals surface area contributed by atoms with Crippen LogP contribution >= 0.6 is 0 Å². The molecule has 0 unspecified atom stereocenters. The van der Waals surface area contributed by atoms with Crippen molar-refractivity contribution in [2.24, 2.45) is 5.41 Å². The highest BCUT2D eigenvalue weighted by atomic mass is 16.5. The minimum absolute atomic E-state index is 0.0167. The van der Waals surface area contributed by atoms with Gasteiger partial charge in [0.1, 0.15) is 5.75 Å². The Morgan fingerprint density at radius 2 is 1.62 bits per heavy atom. The third-order valence-electron chi connectivity index (χ3n) is 4.81. The first-order valence-corrected chi connectivity index (χ1v) is 9.10. The van der Waals surface area contributed by atoms with Crippen LogP contribution in [-0.4, -0.2) is 61.6 Å². The maximum Gasteiger partial charge on any atom is 0.317 e. The summed E-state index contributed by atoms with van der Waals surface area (Å²) in [6.07, 6.45) is 0. The Hall–Kier alpha value is -2.24. The van der Waals surface area contributed by atoms with Crippen molar-refractivity contribution in [1.29, 1.82) is 0 Å². The van der Waals surface area contributed by atoms with Crippen LogP contribution in [0.15, 0.2) is 12.1 Å². The fourth-order valence-corrected chi connectivity index (χ4v) is 2.98. The molecule has 0 aromatic heterocycles. The topological polar surface area (TPSA) is 61.9 Å². The normalized spacial score (nSPS) is 15.0. The number of carbonyl (C=O) groups is 2. The van der Waals surface area contributed by atoms with Crippen molar-refractivity contribution in [2.75, 3.05) is 39.8 Å². The Balaban J connectivity index is 1.96. The molecule has 6 nitrogen and oxygen atoms in total. The molecule has 6 heteroatoms. The summed E-state index contributed by atoms with van der Waals surface area (Å²) in [5, 5.41) is 2.97. The van der Waals surface area contributed by atoms with E-state index in [1.54, 1.807) is 12.0 Å². The van der Waals surface area contributed by atoms with Crippen LogP contribution in [0.5, 0.6) is 5.75 Å². The number of piperazine rings is 1. The summed E-state index contributed by atoms with van der Waals surface area (Å²) in [5.41, 5.74) is 2.68. The summed E-state index contributed by atoms with van der Waals surface area (Å²) in [6.45, 7) is 13.0. The summed E-state index contributed by atoms with van der Waals surface area (Å²) < 4.78 is 5.32. The number of methoxy groups -OCH3 is 1. The first-order chi connectivity index (χ1) is 12.1. The fraction of sp³-hybridized carbons (Fsp3) is 0.600. The number of urea groups is 1. The highest BCUT2D eigenvalue weighted by molar-refractivity contribution is 5.96. The number of hydrogen-bond acceptors (Lipinski definition) is 3. The molecule has 0 spiro atoms. The first-order valence-electron chi connectivity index (χ1n) is 9.10. The Kier molecular flexibility index (Phi) is 6.16. The van der Waals surface area contributed by atoms with Gasteiger partial charge in [-0.2, -0.15) is 0 Å². The van der Waals surface area contributed by atoms with Gasteiger partial charge in [0, 0.05) is 38.3 Å². The smallest absolute Gasteiger partial charge is 0.317 e. The second-order valence-electron chi connectivity index (χ2n) is 8.06. The van der Waals surface area contributed by atoms with Gasteiger partial charge in [-0.05, 0) is 42.5 Å². The van der Waals surface area contributed by atoms with E-state index in [1.807, 2.05) is 30.9 Å². The van der Waals surface area contributed by atoms with E-state index in [4.69, 9.17) is 4.74 Å². The maximum absolute atomic E-state index is 12.9. The standard InChI is InChI=1S/C20H31N3O3/c1-14-15(2)17(26-6)8-7-16(14)18(24)22-9-11-23(12-10-22)19(25)21-13-20(3,4)5/h7-8H,9-13H2,1-6H3,(H,21,25). The molecule has 0 atom stereocenters. The predicted molar refractivity (Wildman–Crippen MR) is 103 cm³/mol. The molecule has 1 fully saturated rings. The van der Waals surface area contributed by atoms with E-state index in [0.29, 0.717) is 38.3 Å². The summed E-state index contributed by atoms with van der Waals surface area (Å²) >= 11 is 0. The molecule has 0 bridgehead atoms. The quantitative estimate of drug-likeness (QED) is 0.900. The van der Waals surface area contributed by atoms with E-state index in [0.717, 1.165) is 16.9 Å². The van der Waals surface area contributed by atoms with Gasteiger partial charge in [-0.3, -0.25) is 4.79 Å². The highest BCUT2D eigenvalue weighted by Crippen LogP contribution is 2.25. The molecule has 26 heavy (non-hydrogen) atoms. The summed E-state index contributed by atoms with van der Waals surface area (Å²) in [7, 11) is 1.63. The number of nitrogens with one attached hydrogen (secondary N) is 1. The lowest BCUT2D eigenvalue weighted by molar-refractivity contribution is 0.0663. The molecule has 1 heterocycles. The fourth-order valence-electron chi connectivity index (χ4n) is 2.98. The van der Waals surface area contributed by atoms with Gasteiger partial charge in [0.15, 0.2) is 0 Å². The van der Waals surface area contributed by atoms with Crippen LogP contribution in [0, 0.1) is 19.3 Å². The first kappa shape index (κ1) is 20.1. The van der Waals surface area contributed by atoms with Crippen molar-refractivity contribution in [3.05, 3.63) is 28.8 Å². The van der Waals surface area contributed by atoms with Gasteiger partial charge >= 0.3 is 6.03 Å². The number of nitrogens with zero attached hydrogens (tertiary/aromatic N) is 2. The van der Waals surface area contributed by atoms with E-state index in [9.17, 15) is 9.59 Å². The average Bonchev–Trinajstić information content (AvgIpc) is 2.61. The van der Waals surface area contributed by atoms with Crippen LogP contribution in [0.1, 0.15) is 42.3 Å². The molecule has 0 radical (unpaired) electrons. The summed E-state index contributed by atoms with van der Waals surface area (Å²) in [4.78, 5) is 28.7. The van der Waals surface area contributed by atoms with Gasteiger partial charge in [-0.25, -0.2) is 4.79 Å². The average molecular weight is 361 g/mol. The summed E-state index contributed by atoms with van der Waals surface area (Å²) in [5.74, 6) is 0.808. The molecule has 1 N–H and O–H groups in total. The molecule has 144 valence electrons. The number of amides is 3. The van der Waals surface area contributed by atoms with E-state index in [2.05, 4.69) is 26.1 Å². The molecule has 0 saturated carbocycles. The van der Waals surface area contributed by atoms with Crippen molar-refractivity contribution in [3.63, 3.8) is 0 Å². The Morgan fingerprint density at radius 1 is 1.04 bits per heavy atom. The Bertz CT molecular complexity index is 672. The largest absolute Gasteiger partial charge is 0.496 e. The molecule has 1 aromatic carbocycles. The van der Waals surface area contributed by atoms with Crippen molar-refractivity contribution < 1.29 is 14.3 Å². The second kappa shape index (κ2) is 7.98. The number of carbonyl (C=O) groups excluding carboxylic acids is 2. The molecular formula is C20H31N3O3. The van der Waals surface area contributed by atoms with Crippen LogP contribution in [-0.2, 0) is 0 Å². The molecule has 0 aliphatic carbocycles. The van der Waals surface area contributed by atoms with E-state index >= 15 is 0 Å². The van der Waals surface area contributed by atoms with Crippen LogP contribution in [0.25, 0.3) is 0 Å². The third kappa shape index (κ3) is 4.68. The number of hydrogen-bond donors (Lipinski definition) is 1. The monoisotopic (exact) mass is 361 g/mol. The van der Waals surface area contributed by atoms with E-state index < -0.39 is 0 Å². The van der Waals surface area contributed by atoms with Gasteiger partial charge < -0.3 is 19.9 Å². The Labute approximate surface area is 156 Å². The molecule has 1 aromatic rings. The minimum atomic E-state index is -0.0523. The zero-order valence-corrected chi connectivity index (χ0v) is 16.8. The van der Waals surface area contributed by atoms with Crippen molar-refractivity contribution in [3.8, 4) is 5.75 Å². The molecule has 1 aliphatic heterocycles. The Morgan fingerprint density at radius 3 is 2.15 bits per heavy atom. The SMILES string of the molecule is COc1ccc(C(=O)N2CCN(C(=O)NCC(C)(C)C)CC2)c(C)c1C. The van der Waals surface area contributed by atoms with Crippen LogP contribution in [0.3, 0.4) is 0 Å². The zero-order chi connectivity index (χ0) is 19.5. The summed E-state index contributed by atoms with van der Waals surface area (Å²) in [6, 6.07) is 3.61. The van der Waals surface area contributed by atoms with E-state index in [-0.39, 0.29) is 17.4 Å². The van der Waals surface area contributed by atoms with Gasteiger partial charge in [0.05, 0.1) is 7.11 Å². The van der Waals surface area contributed by atoms with Crippen LogP contribution in [0.4, 0.5) is 4.79 Å². The van der Waals surface area contributed by atoms with Crippen LogP contribution in [0.2, 0.25) is 0 Å². The van der Waals surface area contributed by atoms with Gasteiger partial charge in [-0.1, -0.05) is 20.8 Å².